The molecule has 0 saturated carbocycles. The highest BCUT2D eigenvalue weighted by atomic mass is 35.5. The van der Waals surface area contributed by atoms with Crippen LogP contribution in [0.4, 0.5) is 5.95 Å². The number of benzene rings is 1. The summed E-state index contributed by atoms with van der Waals surface area (Å²) in [4.78, 5) is 5.53. The molecule has 0 radical (unpaired) electrons. The monoisotopic (exact) mass is 289 g/mol. The first-order chi connectivity index (χ1) is 9.33. The Morgan fingerprint density at radius 1 is 1.16 bits per heavy atom. The van der Waals surface area contributed by atoms with Crippen molar-refractivity contribution < 1.29 is 0 Å². The molecule has 0 aliphatic rings. The van der Waals surface area contributed by atoms with Gasteiger partial charge in [0.1, 0.15) is 0 Å². The van der Waals surface area contributed by atoms with Gasteiger partial charge in [0.2, 0.25) is 5.95 Å². The van der Waals surface area contributed by atoms with E-state index in [1.165, 1.54) is 4.88 Å². The van der Waals surface area contributed by atoms with Gasteiger partial charge in [0, 0.05) is 23.0 Å². The normalized spacial score (nSPS) is 10.6. The zero-order valence-corrected chi connectivity index (χ0v) is 11.7. The van der Waals surface area contributed by atoms with Gasteiger partial charge in [-0.25, -0.2) is 4.98 Å². The number of nitrogens with zero attached hydrogens (tertiary/aromatic N) is 2. The number of aromatic nitrogens is 2. The third-order valence-electron chi connectivity index (χ3n) is 2.72. The van der Waals surface area contributed by atoms with Crippen LogP contribution in [0, 0.1) is 0 Å². The fourth-order valence-electron chi connectivity index (χ4n) is 1.84. The van der Waals surface area contributed by atoms with Crippen molar-refractivity contribution in [2.75, 3.05) is 5.32 Å². The lowest BCUT2D eigenvalue weighted by atomic mass is 10.3. The summed E-state index contributed by atoms with van der Waals surface area (Å²) < 4.78 is 2.83. The molecule has 19 heavy (non-hydrogen) atoms. The van der Waals surface area contributed by atoms with E-state index in [0.29, 0.717) is 0 Å². The van der Waals surface area contributed by atoms with Crippen LogP contribution in [0.15, 0.2) is 54.9 Å². The molecule has 0 aliphatic carbocycles. The molecule has 3 aromatic rings. The van der Waals surface area contributed by atoms with E-state index in [2.05, 4.69) is 22.4 Å². The van der Waals surface area contributed by atoms with Gasteiger partial charge >= 0.3 is 0 Å². The molecule has 0 amide bonds. The molecule has 0 atom stereocenters. The van der Waals surface area contributed by atoms with Gasteiger partial charge in [0.05, 0.1) is 10.9 Å². The van der Waals surface area contributed by atoms with Gasteiger partial charge in [-0.3, -0.25) is 4.57 Å². The van der Waals surface area contributed by atoms with Gasteiger partial charge in [0.15, 0.2) is 0 Å². The maximum Gasteiger partial charge on any atom is 0.207 e. The van der Waals surface area contributed by atoms with Crippen LogP contribution in [0.25, 0.3) is 5.69 Å². The Morgan fingerprint density at radius 2 is 2.00 bits per heavy atom. The topological polar surface area (TPSA) is 29.9 Å². The van der Waals surface area contributed by atoms with Crippen molar-refractivity contribution in [3.8, 4) is 5.69 Å². The summed E-state index contributed by atoms with van der Waals surface area (Å²) >= 11 is 7.50. The first kappa shape index (κ1) is 12.3. The molecule has 3 rings (SSSR count). The second-order valence-corrected chi connectivity index (χ2v) is 5.82. The van der Waals surface area contributed by atoms with Gasteiger partial charge in [-0.2, -0.15) is 0 Å². The smallest absolute Gasteiger partial charge is 0.207 e. The molecule has 1 aromatic carbocycles. The van der Waals surface area contributed by atoms with E-state index >= 15 is 0 Å². The van der Waals surface area contributed by atoms with Crippen LogP contribution in [-0.4, -0.2) is 9.55 Å². The van der Waals surface area contributed by atoms with Crippen LogP contribution in [-0.2, 0) is 6.54 Å². The molecule has 0 saturated heterocycles. The number of hydrogen-bond donors (Lipinski definition) is 1. The molecule has 0 spiro atoms. The van der Waals surface area contributed by atoms with E-state index in [9.17, 15) is 0 Å². The zero-order valence-electron chi connectivity index (χ0n) is 10.1. The molecule has 0 fully saturated rings. The second kappa shape index (κ2) is 5.47. The largest absolute Gasteiger partial charge is 0.350 e. The Balaban J connectivity index is 1.77. The summed E-state index contributed by atoms with van der Waals surface area (Å²) in [7, 11) is 0. The van der Waals surface area contributed by atoms with E-state index < -0.39 is 0 Å². The van der Waals surface area contributed by atoms with Crippen molar-refractivity contribution in [2.24, 2.45) is 0 Å². The number of anilines is 1. The van der Waals surface area contributed by atoms with Crippen molar-refractivity contribution >= 4 is 28.9 Å². The summed E-state index contributed by atoms with van der Waals surface area (Å²) in [5, 5.41) is 3.32. The fraction of sp³-hybridized carbons (Fsp3) is 0.0714. The predicted octanol–water partition coefficient (Wildman–Crippen LogP) is 4.20. The van der Waals surface area contributed by atoms with Crippen molar-refractivity contribution in [2.45, 2.75) is 6.54 Å². The first-order valence-corrected chi connectivity index (χ1v) is 7.09. The predicted molar refractivity (Wildman–Crippen MR) is 80.2 cm³/mol. The van der Waals surface area contributed by atoms with Crippen LogP contribution < -0.4 is 5.32 Å². The molecule has 1 N–H and O–H groups in total. The average Bonchev–Trinajstić information content (AvgIpc) is 3.06. The van der Waals surface area contributed by atoms with Gasteiger partial charge < -0.3 is 5.32 Å². The summed E-state index contributed by atoms with van der Waals surface area (Å²) in [6.45, 7) is 0.723. The van der Waals surface area contributed by atoms with E-state index in [4.69, 9.17) is 11.6 Å². The lowest BCUT2D eigenvalue weighted by Crippen LogP contribution is -2.04. The summed E-state index contributed by atoms with van der Waals surface area (Å²) in [5.74, 6) is 0.829. The minimum absolute atomic E-state index is 0.723. The molecule has 0 aliphatic heterocycles. The minimum atomic E-state index is 0.723. The van der Waals surface area contributed by atoms with Gasteiger partial charge in [-0.05, 0) is 24.3 Å². The molecule has 0 unspecified atom stereocenters. The average molecular weight is 290 g/mol. The maximum absolute atomic E-state index is 5.92. The third kappa shape index (κ3) is 2.80. The lowest BCUT2D eigenvalue weighted by Gasteiger charge is -2.08. The standard InChI is InChI=1S/C14H12ClN3S/c15-13-7-6-12(19-13)10-17-14-16-8-9-18(14)11-4-2-1-3-5-11/h1-9H,10H2,(H,16,17). The number of imidazole rings is 1. The quantitative estimate of drug-likeness (QED) is 0.780. The van der Waals surface area contributed by atoms with Crippen LogP contribution >= 0.6 is 22.9 Å². The molecule has 2 aromatic heterocycles. The van der Waals surface area contributed by atoms with Crippen LogP contribution in [0.2, 0.25) is 4.34 Å². The fourth-order valence-corrected chi connectivity index (χ4v) is 2.87. The zero-order chi connectivity index (χ0) is 13.1. The molecule has 3 nitrogen and oxygen atoms in total. The highest BCUT2D eigenvalue weighted by molar-refractivity contribution is 7.16. The number of rotatable bonds is 4. The Bertz CT molecular complexity index is 660. The minimum Gasteiger partial charge on any atom is -0.350 e. The van der Waals surface area contributed by atoms with E-state index in [0.717, 1.165) is 22.5 Å². The SMILES string of the molecule is Clc1ccc(CNc2nccn2-c2ccccc2)s1. The Morgan fingerprint density at radius 3 is 2.74 bits per heavy atom. The highest BCUT2D eigenvalue weighted by Gasteiger charge is 2.05. The van der Waals surface area contributed by atoms with Gasteiger partial charge in [-0.1, -0.05) is 29.8 Å². The number of para-hydroxylation sites is 1. The molecule has 96 valence electrons. The maximum atomic E-state index is 5.92. The lowest BCUT2D eigenvalue weighted by molar-refractivity contribution is 1.01. The van der Waals surface area contributed by atoms with Gasteiger partial charge in [0.25, 0.3) is 0 Å². The molecular formula is C14H12ClN3S. The van der Waals surface area contributed by atoms with E-state index in [1.54, 1.807) is 17.5 Å². The Hall–Kier alpha value is -1.78. The van der Waals surface area contributed by atoms with Crippen LogP contribution in [0.3, 0.4) is 0 Å². The van der Waals surface area contributed by atoms with E-state index in [-0.39, 0.29) is 0 Å². The van der Waals surface area contributed by atoms with E-state index in [1.807, 2.05) is 41.1 Å². The molecular weight excluding hydrogens is 278 g/mol. The first-order valence-electron chi connectivity index (χ1n) is 5.90. The molecule has 0 bridgehead atoms. The van der Waals surface area contributed by atoms with Crippen molar-refractivity contribution in [3.63, 3.8) is 0 Å². The van der Waals surface area contributed by atoms with Crippen molar-refractivity contribution in [3.05, 3.63) is 64.1 Å². The second-order valence-electron chi connectivity index (χ2n) is 4.02. The van der Waals surface area contributed by atoms with Crippen LogP contribution in [0.1, 0.15) is 4.88 Å². The summed E-state index contributed by atoms with van der Waals surface area (Å²) in [6.07, 6.45) is 3.73. The molecule has 2 heterocycles. The Kier molecular flexibility index (Phi) is 3.53. The number of nitrogens with one attached hydrogen (secondary N) is 1. The van der Waals surface area contributed by atoms with Crippen molar-refractivity contribution in [1.29, 1.82) is 0 Å². The highest BCUT2D eigenvalue weighted by Crippen LogP contribution is 2.22. The van der Waals surface area contributed by atoms with Crippen LogP contribution in [0.5, 0.6) is 0 Å². The summed E-state index contributed by atoms with van der Waals surface area (Å²) in [5.41, 5.74) is 1.09. The van der Waals surface area contributed by atoms with Crippen molar-refractivity contribution in [1.82, 2.24) is 9.55 Å². The molecule has 5 heteroatoms. The number of thiophene rings is 1. The van der Waals surface area contributed by atoms with Gasteiger partial charge in [-0.15, -0.1) is 11.3 Å². The number of hydrogen-bond acceptors (Lipinski definition) is 3. The third-order valence-corrected chi connectivity index (χ3v) is 3.96. The Labute approximate surface area is 120 Å². The number of halogens is 1. The summed E-state index contributed by atoms with van der Waals surface area (Å²) in [6, 6.07) is 14.1.